The largest absolute Gasteiger partial charge is 0.460 e. The van der Waals surface area contributed by atoms with Gasteiger partial charge in [-0.05, 0) is 35.0 Å². The molecule has 0 saturated carbocycles. The van der Waals surface area contributed by atoms with E-state index in [0.717, 1.165) is 0 Å². The maximum atomic E-state index is 12.9. The number of ether oxygens (including phenoxy) is 1. The van der Waals surface area contributed by atoms with E-state index >= 15 is 0 Å². The zero-order chi connectivity index (χ0) is 13.8. The van der Waals surface area contributed by atoms with Crippen molar-refractivity contribution in [3.63, 3.8) is 0 Å². The molecule has 0 spiro atoms. The van der Waals surface area contributed by atoms with E-state index in [1.165, 1.54) is 22.9 Å². The monoisotopic (exact) mass is 284 g/mol. The highest BCUT2D eigenvalue weighted by molar-refractivity contribution is 6.31. The topological polar surface area (TPSA) is 69.9 Å². The molecule has 0 unspecified atom stereocenters. The number of nitrogens with zero attached hydrogens (tertiary/aromatic N) is 4. The first-order chi connectivity index (χ1) is 9.11. The summed E-state index contributed by atoms with van der Waals surface area (Å²) in [5.74, 6) is -1.08. The molecule has 0 fully saturated rings. The van der Waals surface area contributed by atoms with Crippen LogP contribution in [0.4, 0.5) is 4.39 Å². The van der Waals surface area contributed by atoms with Gasteiger partial charge in [-0.25, -0.2) is 13.9 Å². The summed E-state index contributed by atoms with van der Waals surface area (Å²) in [6.45, 7) is 2.06. The third-order valence-corrected chi connectivity index (χ3v) is 2.68. The molecule has 0 aliphatic rings. The number of aromatic nitrogens is 4. The Hall–Kier alpha value is -2.02. The summed E-state index contributed by atoms with van der Waals surface area (Å²) in [4.78, 5) is 11.6. The van der Waals surface area contributed by atoms with Gasteiger partial charge >= 0.3 is 5.97 Å². The Morgan fingerprint density at radius 2 is 2.32 bits per heavy atom. The predicted molar refractivity (Wildman–Crippen MR) is 64.3 cm³/mol. The number of carbonyl (C=O) groups excluding carboxylic acids is 1. The summed E-state index contributed by atoms with van der Waals surface area (Å²) < 4.78 is 19.0. The standard InChI is InChI=1S/C11H10ClFN4O2/c1-2-19-11(18)10-14-15-16-17(10)6-7-3-4-8(13)5-9(7)12/h3-5H,2,6H2,1H3. The van der Waals surface area contributed by atoms with E-state index in [0.29, 0.717) is 5.56 Å². The van der Waals surface area contributed by atoms with Gasteiger partial charge in [0.15, 0.2) is 0 Å². The average molecular weight is 285 g/mol. The normalized spacial score (nSPS) is 10.5. The third kappa shape index (κ3) is 3.05. The molecule has 0 N–H and O–H groups in total. The lowest BCUT2D eigenvalue weighted by atomic mass is 10.2. The van der Waals surface area contributed by atoms with Crippen molar-refractivity contribution in [3.05, 3.63) is 40.4 Å². The van der Waals surface area contributed by atoms with Crippen LogP contribution in [0.25, 0.3) is 0 Å². The van der Waals surface area contributed by atoms with E-state index < -0.39 is 11.8 Å². The summed E-state index contributed by atoms with van der Waals surface area (Å²) in [6, 6.07) is 3.97. The quantitative estimate of drug-likeness (QED) is 0.799. The van der Waals surface area contributed by atoms with Gasteiger partial charge in [-0.3, -0.25) is 0 Å². The lowest BCUT2D eigenvalue weighted by molar-refractivity contribution is 0.0505. The molecule has 0 aliphatic heterocycles. The maximum absolute atomic E-state index is 12.9. The van der Waals surface area contributed by atoms with Gasteiger partial charge in [-0.15, -0.1) is 5.10 Å². The molecule has 8 heteroatoms. The van der Waals surface area contributed by atoms with Gasteiger partial charge in [0.25, 0.3) is 5.82 Å². The molecule has 1 aromatic heterocycles. The maximum Gasteiger partial charge on any atom is 0.378 e. The second-order valence-electron chi connectivity index (χ2n) is 3.62. The zero-order valence-corrected chi connectivity index (χ0v) is 10.8. The van der Waals surface area contributed by atoms with Crippen LogP contribution < -0.4 is 0 Å². The number of hydrogen-bond acceptors (Lipinski definition) is 5. The molecule has 0 atom stereocenters. The van der Waals surface area contributed by atoms with Crippen molar-refractivity contribution in [2.24, 2.45) is 0 Å². The number of tetrazole rings is 1. The fourth-order valence-electron chi connectivity index (χ4n) is 1.46. The van der Waals surface area contributed by atoms with Gasteiger partial charge in [-0.1, -0.05) is 17.7 Å². The SMILES string of the molecule is CCOC(=O)c1nnnn1Cc1ccc(F)cc1Cl. The fraction of sp³-hybridized carbons (Fsp3) is 0.273. The van der Waals surface area contributed by atoms with Crippen LogP contribution in [-0.4, -0.2) is 32.8 Å². The van der Waals surface area contributed by atoms with E-state index in [1.54, 1.807) is 6.92 Å². The smallest absolute Gasteiger partial charge is 0.378 e. The van der Waals surface area contributed by atoms with E-state index in [-0.39, 0.29) is 24.0 Å². The number of hydrogen-bond donors (Lipinski definition) is 0. The molecular formula is C11H10ClFN4O2. The second kappa shape index (κ2) is 5.75. The molecule has 1 aromatic carbocycles. The number of halogens is 2. The highest BCUT2D eigenvalue weighted by Crippen LogP contribution is 2.18. The van der Waals surface area contributed by atoms with Crippen LogP contribution in [0.2, 0.25) is 5.02 Å². The minimum absolute atomic E-state index is 0.0257. The molecule has 0 radical (unpaired) electrons. The summed E-state index contributed by atoms with van der Waals surface area (Å²) >= 11 is 5.90. The summed E-state index contributed by atoms with van der Waals surface area (Å²) in [6.07, 6.45) is 0. The van der Waals surface area contributed by atoms with Gasteiger partial charge in [0.1, 0.15) is 5.82 Å². The summed E-state index contributed by atoms with van der Waals surface area (Å²) in [5.41, 5.74) is 0.598. The Balaban J connectivity index is 2.24. The van der Waals surface area contributed by atoms with Gasteiger partial charge in [0.05, 0.1) is 13.2 Å². The van der Waals surface area contributed by atoms with Crippen LogP contribution >= 0.6 is 11.6 Å². The van der Waals surface area contributed by atoms with Gasteiger partial charge in [0, 0.05) is 5.02 Å². The van der Waals surface area contributed by atoms with Crippen molar-refractivity contribution >= 4 is 17.6 Å². The summed E-state index contributed by atoms with van der Waals surface area (Å²) in [5, 5.41) is 10.9. The van der Waals surface area contributed by atoms with Crippen LogP contribution in [0, 0.1) is 5.82 Å². The zero-order valence-electron chi connectivity index (χ0n) is 10.0. The van der Waals surface area contributed by atoms with Crippen molar-refractivity contribution in [3.8, 4) is 0 Å². The van der Waals surface area contributed by atoms with E-state index in [1.807, 2.05) is 0 Å². The molecule has 0 aliphatic carbocycles. The molecular weight excluding hydrogens is 275 g/mol. The Bertz CT molecular complexity index is 602. The van der Waals surface area contributed by atoms with Gasteiger partial charge < -0.3 is 4.74 Å². The number of rotatable bonds is 4. The van der Waals surface area contributed by atoms with Gasteiger partial charge in [0.2, 0.25) is 0 Å². The molecule has 19 heavy (non-hydrogen) atoms. The van der Waals surface area contributed by atoms with Crippen molar-refractivity contribution in [1.29, 1.82) is 0 Å². The lowest BCUT2D eigenvalue weighted by Crippen LogP contribution is -2.15. The minimum Gasteiger partial charge on any atom is -0.460 e. The first-order valence-electron chi connectivity index (χ1n) is 5.49. The number of carbonyl (C=O) groups is 1. The Labute approximate surface area is 113 Å². The molecule has 1 heterocycles. The van der Waals surface area contributed by atoms with Crippen LogP contribution in [0.1, 0.15) is 23.1 Å². The lowest BCUT2D eigenvalue weighted by Gasteiger charge is -2.06. The average Bonchev–Trinajstić information content (AvgIpc) is 2.81. The van der Waals surface area contributed by atoms with Crippen molar-refractivity contribution < 1.29 is 13.9 Å². The Morgan fingerprint density at radius 1 is 1.53 bits per heavy atom. The van der Waals surface area contributed by atoms with Gasteiger partial charge in [-0.2, -0.15) is 0 Å². The summed E-state index contributed by atoms with van der Waals surface area (Å²) in [7, 11) is 0. The fourth-order valence-corrected chi connectivity index (χ4v) is 1.69. The first-order valence-corrected chi connectivity index (χ1v) is 5.86. The molecule has 6 nitrogen and oxygen atoms in total. The Morgan fingerprint density at radius 3 is 3.00 bits per heavy atom. The molecule has 0 amide bonds. The highest BCUT2D eigenvalue weighted by Gasteiger charge is 2.17. The van der Waals surface area contributed by atoms with Crippen molar-refractivity contribution in [2.45, 2.75) is 13.5 Å². The molecule has 0 saturated heterocycles. The Kier molecular flexibility index (Phi) is 4.06. The first kappa shape index (κ1) is 13.4. The van der Waals surface area contributed by atoms with Crippen LogP contribution in [0.15, 0.2) is 18.2 Å². The van der Waals surface area contributed by atoms with E-state index in [2.05, 4.69) is 15.5 Å². The number of esters is 1. The molecule has 2 aromatic rings. The van der Waals surface area contributed by atoms with E-state index in [4.69, 9.17) is 16.3 Å². The van der Waals surface area contributed by atoms with Crippen molar-refractivity contribution in [1.82, 2.24) is 20.2 Å². The van der Waals surface area contributed by atoms with Crippen LogP contribution in [0.3, 0.4) is 0 Å². The predicted octanol–water partition coefficient (Wildman–Crippen LogP) is 1.69. The second-order valence-corrected chi connectivity index (χ2v) is 4.02. The number of benzene rings is 1. The molecule has 100 valence electrons. The molecule has 0 bridgehead atoms. The van der Waals surface area contributed by atoms with E-state index in [9.17, 15) is 9.18 Å². The minimum atomic E-state index is -0.620. The molecule has 2 rings (SSSR count). The third-order valence-electron chi connectivity index (χ3n) is 2.33. The van der Waals surface area contributed by atoms with Crippen LogP contribution in [0.5, 0.6) is 0 Å². The van der Waals surface area contributed by atoms with Crippen LogP contribution in [-0.2, 0) is 11.3 Å². The highest BCUT2D eigenvalue weighted by atomic mass is 35.5. The van der Waals surface area contributed by atoms with Crippen molar-refractivity contribution in [2.75, 3.05) is 6.61 Å².